The third-order valence-electron chi connectivity index (χ3n) is 3.62. The van der Waals surface area contributed by atoms with Crippen molar-refractivity contribution in [1.29, 1.82) is 0 Å². The zero-order valence-electron chi connectivity index (χ0n) is 13.9. The molecule has 1 aliphatic heterocycles. The van der Waals surface area contributed by atoms with E-state index in [1.165, 1.54) is 0 Å². The van der Waals surface area contributed by atoms with Crippen LogP contribution in [0.15, 0.2) is 29.7 Å². The number of hydrogen-bond acceptors (Lipinski definition) is 5. The summed E-state index contributed by atoms with van der Waals surface area (Å²) in [4.78, 5) is 16.8. The Balaban J connectivity index is 2.05. The second-order valence-electron chi connectivity index (χ2n) is 6.44. The van der Waals surface area contributed by atoms with Crippen LogP contribution in [0.25, 0.3) is 6.08 Å². The van der Waals surface area contributed by atoms with E-state index in [4.69, 9.17) is 4.74 Å². The maximum absolute atomic E-state index is 12.1. The topological polar surface area (TPSA) is 53.0 Å². The van der Waals surface area contributed by atoms with Crippen LogP contribution in [-0.4, -0.2) is 47.3 Å². The van der Waals surface area contributed by atoms with Gasteiger partial charge in [-0.05, 0) is 32.9 Å². The Labute approximate surface area is 142 Å². The van der Waals surface area contributed by atoms with E-state index in [0.717, 1.165) is 41.3 Å². The Hall–Kier alpha value is -1.66. The number of rotatable bonds is 3. The average Bonchev–Trinajstić information content (AvgIpc) is 2.52. The van der Waals surface area contributed by atoms with E-state index in [1.807, 2.05) is 39.0 Å². The van der Waals surface area contributed by atoms with Gasteiger partial charge >= 0.3 is 6.09 Å². The predicted molar refractivity (Wildman–Crippen MR) is 95.0 cm³/mol. The van der Waals surface area contributed by atoms with Crippen LogP contribution < -0.4 is 4.90 Å². The van der Waals surface area contributed by atoms with Gasteiger partial charge < -0.3 is 19.1 Å². The van der Waals surface area contributed by atoms with Gasteiger partial charge in [0.2, 0.25) is 0 Å². The standard InChI is InChI=1S/C17H24N2O3S/c1-5-13-14(7-6-8-15(13)23-21)18-9-11-19(12-10-18)16(20)22-17(2,3)4/h5-8,21H,1,9-12H2,2-4H3. The summed E-state index contributed by atoms with van der Waals surface area (Å²) in [7, 11) is 0. The Morgan fingerprint density at radius 2 is 1.96 bits per heavy atom. The Bertz CT molecular complexity index is 576. The number of carbonyl (C=O) groups is 1. The maximum atomic E-state index is 12.1. The molecule has 0 spiro atoms. The number of carbonyl (C=O) groups excluding carboxylic acids is 1. The highest BCUT2D eigenvalue weighted by atomic mass is 32.2. The van der Waals surface area contributed by atoms with E-state index in [0.29, 0.717) is 13.1 Å². The molecular weight excluding hydrogens is 312 g/mol. The summed E-state index contributed by atoms with van der Waals surface area (Å²) in [6, 6.07) is 5.79. The van der Waals surface area contributed by atoms with Crippen LogP contribution in [0, 0.1) is 0 Å². The summed E-state index contributed by atoms with van der Waals surface area (Å²) in [6.07, 6.45) is 1.49. The van der Waals surface area contributed by atoms with E-state index in [-0.39, 0.29) is 6.09 Å². The molecule has 0 saturated carbocycles. The molecule has 1 fully saturated rings. The molecule has 0 bridgehead atoms. The van der Waals surface area contributed by atoms with Gasteiger partial charge in [0, 0.05) is 54.4 Å². The number of hydrogen-bond donors (Lipinski definition) is 1. The van der Waals surface area contributed by atoms with Crippen LogP contribution >= 0.6 is 12.0 Å². The average molecular weight is 336 g/mol. The third-order valence-corrected chi connectivity index (χ3v) is 4.17. The van der Waals surface area contributed by atoms with Gasteiger partial charge in [-0.2, -0.15) is 0 Å². The highest BCUT2D eigenvalue weighted by molar-refractivity contribution is 7.93. The first-order valence-corrected chi connectivity index (χ1v) is 8.43. The molecule has 1 aliphatic rings. The number of benzene rings is 1. The molecule has 1 N–H and O–H groups in total. The monoisotopic (exact) mass is 336 g/mol. The number of nitrogens with zero attached hydrogens (tertiary/aromatic N) is 2. The molecule has 0 aromatic heterocycles. The lowest BCUT2D eigenvalue weighted by Crippen LogP contribution is -2.50. The van der Waals surface area contributed by atoms with Crippen molar-refractivity contribution in [1.82, 2.24) is 4.90 Å². The summed E-state index contributed by atoms with van der Waals surface area (Å²) in [6.45, 7) is 12.1. The van der Waals surface area contributed by atoms with Crippen LogP contribution in [0.1, 0.15) is 26.3 Å². The fourth-order valence-corrected chi connectivity index (χ4v) is 2.98. The second-order valence-corrected chi connectivity index (χ2v) is 7.06. The molecule has 1 aromatic rings. The molecule has 0 unspecified atom stereocenters. The Morgan fingerprint density at radius 1 is 1.30 bits per heavy atom. The zero-order chi connectivity index (χ0) is 17.0. The fourth-order valence-electron chi connectivity index (χ4n) is 2.55. The molecule has 0 radical (unpaired) electrons. The van der Waals surface area contributed by atoms with Crippen molar-refractivity contribution in [3.8, 4) is 0 Å². The van der Waals surface area contributed by atoms with Crippen LogP contribution in [0.2, 0.25) is 0 Å². The lowest BCUT2D eigenvalue weighted by atomic mass is 10.1. The van der Waals surface area contributed by atoms with Gasteiger partial charge in [-0.1, -0.05) is 18.7 Å². The molecule has 0 aliphatic carbocycles. The van der Waals surface area contributed by atoms with Crippen molar-refractivity contribution >= 4 is 29.9 Å². The minimum absolute atomic E-state index is 0.263. The summed E-state index contributed by atoms with van der Waals surface area (Å²) in [5.41, 5.74) is 1.48. The number of amides is 1. The van der Waals surface area contributed by atoms with Gasteiger partial charge in [0.25, 0.3) is 0 Å². The smallest absolute Gasteiger partial charge is 0.410 e. The Kier molecular flexibility index (Phi) is 5.59. The molecule has 23 heavy (non-hydrogen) atoms. The first kappa shape index (κ1) is 17.7. The molecule has 126 valence electrons. The lowest BCUT2D eigenvalue weighted by Gasteiger charge is -2.37. The highest BCUT2D eigenvalue weighted by Gasteiger charge is 2.26. The van der Waals surface area contributed by atoms with E-state index in [9.17, 15) is 9.35 Å². The van der Waals surface area contributed by atoms with Crippen LogP contribution in [0.5, 0.6) is 0 Å². The van der Waals surface area contributed by atoms with Gasteiger partial charge in [0.1, 0.15) is 5.60 Å². The van der Waals surface area contributed by atoms with E-state index < -0.39 is 5.60 Å². The molecule has 5 nitrogen and oxygen atoms in total. The highest BCUT2D eigenvalue weighted by Crippen LogP contribution is 2.31. The summed E-state index contributed by atoms with van der Waals surface area (Å²) in [5.74, 6) is 0. The van der Waals surface area contributed by atoms with Gasteiger partial charge in [-0.15, -0.1) is 0 Å². The van der Waals surface area contributed by atoms with Crippen molar-refractivity contribution in [2.75, 3.05) is 31.1 Å². The van der Waals surface area contributed by atoms with E-state index >= 15 is 0 Å². The van der Waals surface area contributed by atoms with Crippen LogP contribution in [0.4, 0.5) is 10.5 Å². The van der Waals surface area contributed by atoms with Crippen molar-refractivity contribution in [3.05, 3.63) is 30.3 Å². The largest absolute Gasteiger partial charge is 0.444 e. The summed E-state index contributed by atoms with van der Waals surface area (Å²) in [5, 5.41) is 0. The normalized spacial score (nSPS) is 15.5. The van der Waals surface area contributed by atoms with E-state index in [1.54, 1.807) is 11.0 Å². The lowest BCUT2D eigenvalue weighted by molar-refractivity contribution is 0.0240. The molecule has 6 heteroatoms. The molecule has 1 aromatic carbocycles. The molecule has 1 heterocycles. The SMILES string of the molecule is C=Cc1c(SO)cccc1N1CCN(C(=O)OC(C)(C)C)CC1. The summed E-state index contributed by atoms with van der Waals surface area (Å²) >= 11 is 0.728. The zero-order valence-corrected chi connectivity index (χ0v) is 14.7. The van der Waals surface area contributed by atoms with Crippen LogP contribution in [-0.2, 0) is 4.74 Å². The predicted octanol–water partition coefficient (Wildman–Crippen LogP) is 3.95. The minimum Gasteiger partial charge on any atom is -0.444 e. The summed E-state index contributed by atoms with van der Waals surface area (Å²) < 4.78 is 14.8. The van der Waals surface area contributed by atoms with Gasteiger partial charge in [-0.3, -0.25) is 0 Å². The van der Waals surface area contributed by atoms with Crippen LogP contribution in [0.3, 0.4) is 0 Å². The van der Waals surface area contributed by atoms with E-state index in [2.05, 4.69) is 11.5 Å². The second kappa shape index (κ2) is 7.27. The van der Waals surface area contributed by atoms with Crippen molar-refractivity contribution in [2.24, 2.45) is 0 Å². The number of anilines is 1. The molecule has 2 rings (SSSR count). The van der Waals surface area contributed by atoms with Gasteiger partial charge in [0.15, 0.2) is 0 Å². The molecule has 1 amide bonds. The van der Waals surface area contributed by atoms with Gasteiger partial charge in [0.05, 0.1) is 0 Å². The minimum atomic E-state index is -0.475. The molecule has 1 saturated heterocycles. The van der Waals surface area contributed by atoms with Crippen molar-refractivity contribution < 1.29 is 14.1 Å². The maximum Gasteiger partial charge on any atom is 0.410 e. The molecule has 0 atom stereocenters. The number of ether oxygens (including phenoxy) is 1. The molecular formula is C17H24N2O3S. The van der Waals surface area contributed by atoms with Crippen molar-refractivity contribution in [3.63, 3.8) is 0 Å². The Morgan fingerprint density at radius 3 is 2.48 bits per heavy atom. The van der Waals surface area contributed by atoms with Crippen molar-refractivity contribution in [2.45, 2.75) is 31.3 Å². The first-order valence-electron chi connectivity index (χ1n) is 7.65. The fraction of sp³-hybridized carbons (Fsp3) is 0.471. The first-order chi connectivity index (χ1) is 10.9. The number of piperazine rings is 1. The third kappa shape index (κ3) is 4.42. The van der Waals surface area contributed by atoms with Gasteiger partial charge in [-0.25, -0.2) is 4.79 Å². The quantitative estimate of drug-likeness (QED) is 0.847.